The molecule has 0 amide bonds. The molecule has 0 aromatic carbocycles. The van der Waals surface area contributed by atoms with E-state index in [1.165, 1.54) is 154 Å². The van der Waals surface area contributed by atoms with Crippen molar-refractivity contribution in [2.45, 2.75) is 187 Å². The Labute approximate surface area is 222 Å². The zero-order valence-corrected chi connectivity index (χ0v) is 24.3. The number of carbonyl (C=O) groups excluding carboxylic acids is 1. The van der Waals surface area contributed by atoms with Gasteiger partial charge in [0.05, 0.1) is 0 Å². The number of rotatable bonds is 29. The van der Waals surface area contributed by atoms with Crippen molar-refractivity contribution in [3.05, 3.63) is 24.3 Å². The van der Waals surface area contributed by atoms with Crippen LogP contribution in [0.5, 0.6) is 0 Å². The summed E-state index contributed by atoms with van der Waals surface area (Å²) in [6, 6.07) is 0. The zero-order chi connectivity index (χ0) is 25.5. The minimum absolute atomic E-state index is 0.316. The number of hydrogen-bond donors (Lipinski definition) is 0. The summed E-state index contributed by atoms with van der Waals surface area (Å²) in [5, 5.41) is 0. The van der Waals surface area contributed by atoms with Crippen LogP contribution in [0.4, 0.5) is 0 Å². The number of carbonyl (C=O) groups is 1. The molecule has 0 saturated carbocycles. The van der Waals surface area contributed by atoms with Crippen LogP contribution in [0.3, 0.4) is 0 Å². The number of allylic oxidation sites excluding steroid dienone is 4. The van der Waals surface area contributed by atoms with E-state index >= 15 is 0 Å². The third kappa shape index (κ3) is 33.1. The van der Waals surface area contributed by atoms with Gasteiger partial charge in [0.15, 0.2) is 0 Å². The fourth-order valence-corrected chi connectivity index (χ4v) is 4.81. The second kappa shape index (κ2) is 31.2. The molecule has 206 valence electrons. The van der Waals surface area contributed by atoms with Crippen LogP contribution in [0.1, 0.15) is 187 Å². The predicted molar refractivity (Wildman–Crippen MR) is 159 cm³/mol. The van der Waals surface area contributed by atoms with E-state index in [2.05, 4.69) is 31.2 Å². The lowest BCUT2D eigenvalue weighted by Crippen LogP contribution is -1.87. The topological polar surface area (TPSA) is 17.1 Å². The number of unbranched alkanes of at least 4 members (excludes halogenated alkanes) is 23. The molecule has 0 bridgehead atoms. The Bertz CT molecular complexity index is 461. The Morgan fingerprint density at radius 1 is 0.400 bits per heavy atom. The maximum Gasteiger partial charge on any atom is 0.129 e. The lowest BCUT2D eigenvalue weighted by atomic mass is 10.0. The molecule has 0 rings (SSSR count). The standard InChI is InChI=1S/C34H64O/c1-3-4-5-6-7-8-9-10-11-12-13-14-15-16-17-18-19-20-21-22-23-24-25-26-27-28-29-30-31-32-33-34(2)35/h10-11,29-30H,3-9,12-28,31-33H2,1-2H3/b11-10-,30-29-. The van der Waals surface area contributed by atoms with Crippen LogP contribution >= 0.6 is 0 Å². The Morgan fingerprint density at radius 2 is 0.657 bits per heavy atom. The monoisotopic (exact) mass is 488 g/mol. The number of ketones is 1. The fourth-order valence-electron chi connectivity index (χ4n) is 4.81. The Morgan fingerprint density at radius 3 is 0.943 bits per heavy atom. The van der Waals surface area contributed by atoms with Crippen molar-refractivity contribution in [2.24, 2.45) is 0 Å². The molecule has 0 heterocycles. The van der Waals surface area contributed by atoms with Crippen LogP contribution in [-0.2, 0) is 4.79 Å². The highest BCUT2D eigenvalue weighted by atomic mass is 16.1. The van der Waals surface area contributed by atoms with E-state index in [0.717, 1.165) is 19.3 Å². The lowest BCUT2D eigenvalue weighted by molar-refractivity contribution is -0.117. The molecule has 0 aliphatic rings. The summed E-state index contributed by atoms with van der Waals surface area (Å²) < 4.78 is 0. The minimum Gasteiger partial charge on any atom is -0.300 e. The van der Waals surface area contributed by atoms with Gasteiger partial charge in [-0.25, -0.2) is 0 Å². The molecule has 0 N–H and O–H groups in total. The second-order valence-corrected chi connectivity index (χ2v) is 11.0. The van der Waals surface area contributed by atoms with Crippen LogP contribution in [0.15, 0.2) is 24.3 Å². The fraction of sp³-hybridized carbons (Fsp3) is 0.853. The third-order valence-electron chi connectivity index (χ3n) is 7.20. The highest BCUT2D eigenvalue weighted by Crippen LogP contribution is 2.14. The van der Waals surface area contributed by atoms with E-state index in [0.29, 0.717) is 5.78 Å². The second-order valence-electron chi connectivity index (χ2n) is 11.0. The minimum atomic E-state index is 0.316. The first-order chi connectivity index (χ1) is 17.3. The van der Waals surface area contributed by atoms with Crippen molar-refractivity contribution in [2.75, 3.05) is 0 Å². The normalized spacial score (nSPS) is 11.8. The Balaban J connectivity index is 3.10. The van der Waals surface area contributed by atoms with E-state index in [1.54, 1.807) is 6.92 Å². The molecule has 0 atom stereocenters. The molecule has 1 nitrogen and oxygen atoms in total. The van der Waals surface area contributed by atoms with Crippen LogP contribution < -0.4 is 0 Å². The van der Waals surface area contributed by atoms with Crippen molar-refractivity contribution >= 4 is 5.78 Å². The molecule has 0 saturated heterocycles. The van der Waals surface area contributed by atoms with Crippen LogP contribution in [-0.4, -0.2) is 5.78 Å². The van der Waals surface area contributed by atoms with Gasteiger partial charge in [-0.05, 0) is 58.3 Å². The molecule has 1 heteroatoms. The Hall–Kier alpha value is -0.850. The smallest absolute Gasteiger partial charge is 0.129 e. The van der Waals surface area contributed by atoms with Gasteiger partial charge in [0.2, 0.25) is 0 Å². The van der Waals surface area contributed by atoms with Crippen molar-refractivity contribution in [1.29, 1.82) is 0 Å². The van der Waals surface area contributed by atoms with E-state index in [-0.39, 0.29) is 0 Å². The highest BCUT2D eigenvalue weighted by Gasteiger charge is 1.95. The van der Waals surface area contributed by atoms with Gasteiger partial charge in [0.25, 0.3) is 0 Å². The largest absolute Gasteiger partial charge is 0.300 e. The summed E-state index contributed by atoms with van der Waals surface area (Å²) in [5.41, 5.74) is 0. The first-order valence-electron chi connectivity index (χ1n) is 16.1. The SMILES string of the molecule is CCCCCCCC/C=C\CCCCCCCCCCCCCCCCC/C=C\CCCC(C)=O. The van der Waals surface area contributed by atoms with Gasteiger partial charge in [0, 0.05) is 6.42 Å². The summed E-state index contributed by atoms with van der Waals surface area (Å²) >= 11 is 0. The molecule has 0 aliphatic carbocycles. The number of Topliss-reactive ketones (excluding diaryl/α,β-unsaturated/α-hetero) is 1. The first-order valence-corrected chi connectivity index (χ1v) is 16.1. The summed E-state index contributed by atoms with van der Waals surface area (Å²) in [4.78, 5) is 10.9. The van der Waals surface area contributed by atoms with Crippen LogP contribution in [0, 0.1) is 0 Å². The Kier molecular flexibility index (Phi) is 30.4. The molecule has 0 radical (unpaired) electrons. The van der Waals surface area contributed by atoms with Crippen LogP contribution in [0.2, 0.25) is 0 Å². The summed E-state index contributed by atoms with van der Waals surface area (Å²) in [6.45, 7) is 3.98. The lowest BCUT2D eigenvalue weighted by Gasteiger charge is -2.03. The highest BCUT2D eigenvalue weighted by molar-refractivity contribution is 5.75. The average molecular weight is 489 g/mol. The predicted octanol–water partition coefficient (Wildman–Crippen LogP) is 12.2. The van der Waals surface area contributed by atoms with Gasteiger partial charge in [-0.3, -0.25) is 0 Å². The molecule has 0 aromatic heterocycles. The first kappa shape index (κ1) is 34.1. The van der Waals surface area contributed by atoms with E-state index in [1.807, 2.05) is 0 Å². The quantitative estimate of drug-likeness (QED) is 0.0755. The summed E-state index contributed by atoms with van der Waals surface area (Å²) in [6.07, 6.45) is 46.0. The van der Waals surface area contributed by atoms with Gasteiger partial charge in [-0.2, -0.15) is 0 Å². The van der Waals surface area contributed by atoms with Crippen molar-refractivity contribution < 1.29 is 4.79 Å². The molecule has 0 unspecified atom stereocenters. The van der Waals surface area contributed by atoms with E-state index in [9.17, 15) is 4.79 Å². The van der Waals surface area contributed by atoms with Gasteiger partial charge < -0.3 is 4.79 Å². The van der Waals surface area contributed by atoms with Crippen molar-refractivity contribution in [3.8, 4) is 0 Å². The molecule has 0 fully saturated rings. The summed E-state index contributed by atoms with van der Waals surface area (Å²) in [7, 11) is 0. The van der Waals surface area contributed by atoms with Gasteiger partial charge >= 0.3 is 0 Å². The molecule has 0 aromatic rings. The summed E-state index contributed by atoms with van der Waals surface area (Å²) in [5.74, 6) is 0.316. The molecule has 0 aliphatic heterocycles. The third-order valence-corrected chi connectivity index (χ3v) is 7.20. The van der Waals surface area contributed by atoms with Gasteiger partial charge in [-0.15, -0.1) is 0 Å². The molecule has 35 heavy (non-hydrogen) atoms. The molecule has 0 spiro atoms. The van der Waals surface area contributed by atoms with Gasteiger partial charge in [0.1, 0.15) is 5.78 Å². The van der Waals surface area contributed by atoms with Crippen molar-refractivity contribution in [3.63, 3.8) is 0 Å². The zero-order valence-electron chi connectivity index (χ0n) is 24.3. The number of hydrogen-bond acceptors (Lipinski definition) is 1. The van der Waals surface area contributed by atoms with Gasteiger partial charge in [-0.1, -0.05) is 147 Å². The maximum absolute atomic E-state index is 10.9. The molecular weight excluding hydrogens is 424 g/mol. The maximum atomic E-state index is 10.9. The van der Waals surface area contributed by atoms with E-state index in [4.69, 9.17) is 0 Å². The van der Waals surface area contributed by atoms with E-state index < -0.39 is 0 Å². The van der Waals surface area contributed by atoms with Crippen molar-refractivity contribution in [1.82, 2.24) is 0 Å². The van der Waals surface area contributed by atoms with Crippen LogP contribution in [0.25, 0.3) is 0 Å². The average Bonchev–Trinajstić information content (AvgIpc) is 2.85. The molecular formula is C34H64O.